The SMILES string of the molecule is Cc1ccc(-c2cc(-c3ccc(S(=O)(=O)N4CCOCC4)cc3)nc3sc4c(c23)CCC4)cc1. The first-order chi connectivity index (χ1) is 16.5. The molecule has 0 atom stereocenters. The Labute approximate surface area is 204 Å². The number of ether oxygens (including phenoxy) is 1. The van der Waals surface area contributed by atoms with Gasteiger partial charge in [-0.05, 0) is 61.1 Å². The van der Waals surface area contributed by atoms with Gasteiger partial charge in [-0.2, -0.15) is 4.31 Å². The van der Waals surface area contributed by atoms with E-state index in [1.54, 1.807) is 12.1 Å². The molecular weight excluding hydrogens is 464 g/mol. The maximum Gasteiger partial charge on any atom is 0.243 e. The zero-order valence-corrected chi connectivity index (χ0v) is 20.7. The summed E-state index contributed by atoms with van der Waals surface area (Å²) in [5, 5.41) is 1.29. The van der Waals surface area contributed by atoms with Gasteiger partial charge in [-0.15, -0.1) is 11.3 Å². The zero-order valence-electron chi connectivity index (χ0n) is 19.1. The summed E-state index contributed by atoms with van der Waals surface area (Å²) in [6, 6.07) is 18.0. The molecule has 2 aromatic carbocycles. The van der Waals surface area contributed by atoms with Crippen LogP contribution >= 0.6 is 11.3 Å². The summed E-state index contributed by atoms with van der Waals surface area (Å²) >= 11 is 1.81. The molecule has 0 N–H and O–H groups in total. The summed E-state index contributed by atoms with van der Waals surface area (Å²) in [5.41, 5.74) is 6.90. The van der Waals surface area contributed by atoms with Gasteiger partial charge in [0.1, 0.15) is 4.83 Å². The van der Waals surface area contributed by atoms with Crippen molar-refractivity contribution in [1.29, 1.82) is 0 Å². The third-order valence-corrected chi connectivity index (χ3v) is 9.89. The highest BCUT2D eigenvalue weighted by molar-refractivity contribution is 7.89. The van der Waals surface area contributed by atoms with Crippen LogP contribution in [0.3, 0.4) is 0 Å². The van der Waals surface area contributed by atoms with Gasteiger partial charge in [-0.1, -0.05) is 42.0 Å². The summed E-state index contributed by atoms with van der Waals surface area (Å²) < 4.78 is 32.8. The monoisotopic (exact) mass is 490 g/mol. The smallest absolute Gasteiger partial charge is 0.243 e. The van der Waals surface area contributed by atoms with Crippen LogP contribution in [0.5, 0.6) is 0 Å². The van der Waals surface area contributed by atoms with Crippen molar-refractivity contribution in [3.05, 3.63) is 70.6 Å². The van der Waals surface area contributed by atoms with Crippen LogP contribution in [0.2, 0.25) is 0 Å². The van der Waals surface area contributed by atoms with E-state index in [0.29, 0.717) is 31.2 Å². The maximum atomic E-state index is 13.0. The molecule has 0 spiro atoms. The summed E-state index contributed by atoms with van der Waals surface area (Å²) in [5.74, 6) is 0. The van der Waals surface area contributed by atoms with Crippen molar-refractivity contribution in [2.75, 3.05) is 26.3 Å². The summed E-state index contributed by atoms with van der Waals surface area (Å²) in [6.45, 7) is 3.77. The molecule has 3 heterocycles. The van der Waals surface area contributed by atoms with Crippen LogP contribution < -0.4 is 0 Å². The van der Waals surface area contributed by atoms with E-state index >= 15 is 0 Å². The molecule has 5 nitrogen and oxygen atoms in total. The number of hydrogen-bond acceptors (Lipinski definition) is 5. The van der Waals surface area contributed by atoms with E-state index in [0.717, 1.165) is 28.9 Å². The predicted molar refractivity (Wildman–Crippen MR) is 137 cm³/mol. The highest BCUT2D eigenvalue weighted by Crippen LogP contribution is 2.43. The second kappa shape index (κ2) is 8.57. The van der Waals surface area contributed by atoms with Crippen LogP contribution in [-0.2, 0) is 27.6 Å². The van der Waals surface area contributed by atoms with Crippen molar-refractivity contribution in [1.82, 2.24) is 9.29 Å². The van der Waals surface area contributed by atoms with Crippen molar-refractivity contribution >= 4 is 31.6 Å². The van der Waals surface area contributed by atoms with E-state index in [9.17, 15) is 8.42 Å². The minimum absolute atomic E-state index is 0.313. The molecule has 0 amide bonds. The summed E-state index contributed by atoms with van der Waals surface area (Å²) in [7, 11) is -3.51. The molecule has 6 rings (SSSR count). The molecule has 2 aromatic heterocycles. The number of aryl methyl sites for hydroxylation is 3. The Morgan fingerprint density at radius 2 is 1.65 bits per heavy atom. The molecule has 0 unspecified atom stereocenters. The second-order valence-corrected chi connectivity index (χ2v) is 12.0. The first kappa shape index (κ1) is 21.9. The molecule has 174 valence electrons. The van der Waals surface area contributed by atoms with Gasteiger partial charge in [0, 0.05) is 28.9 Å². The van der Waals surface area contributed by atoms with Crippen LogP contribution in [0, 0.1) is 6.92 Å². The molecule has 0 saturated carbocycles. The number of aromatic nitrogens is 1. The summed E-state index contributed by atoms with van der Waals surface area (Å²) in [4.78, 5) is 7.88. The molecule has 1 saturated heterocycles. The average molecular weight is 491 g/mol. The third-order valence-electron chi connectivity index (χ3n) is 6.80. The Bertz CT molecular complexity index is 1470. The largest absolute Gasteiger partial charge is 0.379 e. The average Bonchev–Trinajstić information content (AvgIpc) is 3.46. The van der Waals surface area contributed by atoms with Crippen LogP contribution in [0.1, 0.15) is 22.4 Å². The topological polar surface area (TPSA) is 59.5 Å². The maximum absolute atomic E-state index is 13.0. The minimum Gasteiger partial charge on any atom is -0.379 e. The molecule has 0 bridgehead atoms. The van der Waals surface area contributed by atoms with Crippen molar-refractivity contribution in [3.8, 4) is 22.4 Å². The number of pyridine rings is 1. The van der Waals surface area contributed by atoms with Crippen LogP contribution in [0.4, 0.5) is 0 Å². The first-order valence-corrected chi connectivity index (χ1v) is 14.0. The number of sulfonamides is 1. The number of rotatable bonds is 4. The Morgan fingerprint density at radius 3 is 2.38 bits per heavy atom. The molecule has 0 radical (unpaired) electrons. The number of morpholine rings is 1. The zero-order chi connectivity index (χ0) is 23.3. The Kier molecular flexibility index (Phi) is 5.53. The van der Waals surface area contributed by atoms with Gasteiger partial charge in [-0.3, -0.25) is 0 Å². The lowest BCUT2D eigenvalue weighted by Gasteiger charge is -2.26. The van der Waals surface area contributed by atoms with Crippen LogP contribution in [0.15, 0.2) is 59.5 Å². The number of nitrogens with zero attached hydrogens (tertiary/aromatic N) is 2. The number of benzene rings is 2. The fourth-order valence-corrected chi connectivity index (χ4v) is 7.63. The molecule has 1 aliphatic heterocycles. The van der Waals surface area contributed by atoms with Gasteiger partial charge >= 0.3 is 0 Å². The Hall–Kier alpha value is -2.58. The van der Waals surface area contributed by atoms with E-state index < -0.39 is 10.0 Å². The van der Waals surface area contributed by atoms with E-state index in [1.165, 1.54) is 43.2 Å². The lowest BCUT2D eigenvalue weighted by atomic mass is 9.97. The van der Waals surface area contributed by atoms with Crippen molar-refractivity contribution in [2.45, 2.75) is 31.1 Å². The molecule has 2 aliphatic rings. The third kappa shape index (κ3) is 3.77. The second-order valence-electron chi connectivity index (χ2n) is 9.00. The van der Waals surface area contributed by atoms with Gasteiger partial charge < -0.3 is 4.74 Å². The molecular formula is C27H26N2O3S2. The van der Waals surface area contributed by atoms with Gasteiger partial charge in [0.05, 0.1) is 23.8 Å². The van der Waals surface area contributed by atoms with Crippen molar-refractivity contribution in [2.24, 2.45) is 0 Å². The quantitative estimate of drug-likeness (QED) is 0.382. The normalized spacial score (nSPS) is 16.7. The van der Waals surface area contributed by atoms with Crippen molar-refractivity contribution in [3.63, 3.8) is 0 Å². The highest BCUT2D eigenvalue weighted by Gasteiger charge is 2.26. The first-order valence-electron chi connectivity index (χ1n) is 11.7. The van der Waals surface area contributed by atoms with Gasteiger partial charge in [0.2, 0.25) is 10.0 Å². The molecule has 1 aliphatic carbocycles. The van der Waals surface area contributed by atoms with Gasteiger partial charge in [-0.25, -0.2) is 13.4 Å². The molecule has 1 fully saturated rings. The van der Waals surface area contributed by atoms with Gasteiger partial charge in [0.15, 0.2) is 0 Å². The molecule has 7 heteroatoms. The van der Waals surface area contributed by atoms with E-state index in [4.69, 9.17) is 9.72 Å². The fraction of sp³-hybridized carbons (Fsp3) is 0.296. The minimum atomic E-state index is -3.51. The van der Waals surface area contributed by atoms with Gasteiger partial charge in [0.25, 0.3) is 0 Å². The van der Waals surface area contributed by atoms with Crippen molar-refractivity contribution < 1.29 is 13.2 Å². The Morgan fingerprint density at radius 1 is 0.941 bits per heavy atom. The lowest BCUT2D eigenvalue weighted by molar-refractivity contribution is 0.0730. The highest BCUT2D eigenvalue weighted by atomic mass is 32.2. The molecule has 4 aromatic rings. The van der Waals surface area contributed by atoms with Crippen LogP contribution in [0.25, 0.3) is 32.6 Å². The standard InChI is InChI=1S/C27H26N2O3S2/c1-18-5-7-19(8-6-18)23-17-24(28-27-26(23)22-3-2-4-25(22)33-27)20-9-11-21(12-10-20)34(30,31)29-13-15-32-16-14-29/h5-12,17H,2-4,13-16H2,1H3. The van der Waals surface area contributed by atoms with E-state index in [2.05, 4.69) is 37.3 Å². The van der Waals surface area contributed by atoms with E-state index in [1.807, 2.05) is 23.5 Å². The van der Waals surface area contributed by atoms with E-state index in [-0.39, 0.29) is 0 Å². The fourth-order valence-electron chi connectivity index (χ4n) is 4.94. The number of fused-ring (bicyclic) bond motifs is 3. The number of thiophene rings is 1. The van der Waals surface area contributed by atoms with Crippen LogP contribution in [-0.4, -0.2) is 44.0 Å². The molecule has 34 heavy (non-hydrogen) atoms. The predicted octanol–water partition coefficient (Wildman–Crippen LogP) is 5.45. The Balaban J connectivity index is 1.43. The number of hydrogen-bond donors (Lipinski definition) is 0. The lowest BCUT2D eigenvalue weighted by Crippen LogP contribution is -2.40. The summed E-state index contributed by atoms with van der Waals surface area (Å²) in [6.07, 6.45) is 3.46.